The van der Waals surface area contributed by atoms with Crippen molar-refractivity contribution in [1.82, 2.24) is 4.90 Å². The van der Waals surface area contributed by atoms with Crippen LogP contribution >= 0.6 is 0 Å². The van der Waals surface area contributed by atoms with Crippen LogP contribution in [0, 0.1) is 10.1 Å². The van der Waals surface area contributed by atoms with Crippen LogP contribution in [0.3, 0.4) is 0 Å². The average molecular weight is 402 g/mol. The number of esters is 1. The highest BCUT2D eigenvalue weighted by Gasteiger charge is 2.35. The number of likely N-dealkylation sites (tertiary alicyclic amines) is 1. The molecule has 29 heavy (non-hydrogen) atoms. The zero-order valence-electron chi connectivity index (χ0n) is 15.4. The van der Waals surface area contributed by atoms with Gasteiger partial charge in [-0.25, -0.2) is 14.0 Å². The zero-order chi connectivity index (χ0) is 20.8. The van der Waals surface area contributed by atoms with Gasteiger partial charge in [0.1, 0.15) is 12.8 Å². The molecule has 1 saturated heterocycles. The number of benzene rings is 2. The Morgan fingerprint density at radius 1 is 1.14 bits per heavy atom. The molecule has 2 unspecified atom stereocenters. The molecule has 0 spiro atoms. The van der Waals surface area contributed by atoms with Crippen molar-refractivity contribution in [2.75, 3.05) is 13.1 Å². The molecule has 2 aromatic carbocycles. The predicted molar refractivity (Wildman–Crippen MR) is 100 cm³/mol. The minimum Gasteiger partial charge on any atom is -0.454 e. The summed E-state index contributed by atoms with van der Waals surface area (Å²) in [7, 11) is 0. The SMILES string of the molecule is O=C(OC1CN(C(=O)OCc2ccccc2)CCC1F)c1ccc([N+](=O)[O-])cc1. The number of carbonyl (C=O) groups is 2. The van der Waals surface area contributed by atoms with Gasteiger partial charge in [0.2, 0.25) is 0 Å². The summed E-state index contributed by atoms with van der Waals surface area (Å²) >= 11 is 0. The van der Waals surface area contributed by atoms with Gasteiger partial charge in [0, 0.05) is 25.1 Å². The van der Waals surface area contributed by atoms with E-state index in [2.05, 4.69) is 0 Å². The summed E-state index contributed by atoms with van der Waals surface area (Å²) < 4.78 is 24.7. The number of hydrogen-bond donors (Lipinski definition) is 0. The quantitative estimate of drug-likeness (QED) is 0.431. The maximum absolute atomic E-state index is 14.2. The second-order valence-corrected chi connectivity index (χ2v) is 6.54. The second-order valence-electron chi connectivity index (χ2n) is 6.54. The van der Waals surface area contributed by atoms with Gasteiger partial charge in [0.25, 0.3) is 5.69 Å². The maximum atomic E-state index is 14.2. The first-order valence-corrected chi connectivity index (χ1v) is 8.99. The van der Waals surface area contributed by atoms with Crippen molar-refractivity contribution >= 4 is 17.7 Å². The molecule has 0 aromatic heterocycles. The average Bonchev–Trinajstić information content (AvgIpc) is 2.74. The fraction of sp³-hybridized carbons (Fsp3) is 0.300. The molecule has 0 saturated carbocycles. The van der Waals surface area contributed by atoms with Crippen LogP contribution in [0.1, 0.15) is 22.3 Å². The topological polar surface area (TPSA) is 99.0 Å². The normalized spacial score (nSPS) is 18.7. The highest BCUT2D eigenvalue weighted by Crippen LogP contribution is 2.21. The third kappa shape index (κ3) is 5.28. The van der Waals surface area contributed by atoms with Crippen LogP contribution in [0.25, 0.3) is 0 Å². The van der Waals surface area contributed by atoms with Crippen molar-refractivity contribution in [3.05, 3.63) is 75.8 Å². The largest absolute Gasteiger partial charge is 0.454 e. The molecule has 2 atom stereocenters. The summed E-state index contributed by atoms with van der Waals surface area (Å²) in [5.74, 6) is -0.813. The molecule has 3 rings (SSSR count). The zero-order valence-corrected chi connectivity index (χ0v) is 15.4. The molecule has 0 N–H and O–H groups in total. The maximum Gasteiger partial charge on any atom is 0.410 e. The molecule has 8 nitrogen and oxygen atoms in total. The van der Waals surface area contributed by atoms with Gasteiger partial charge in [-0.15, -0.1) is 0 Å². The lowest BCUT2D eigenvalue weighted by atomic mass is 10.1. The van der Waals surface area contributed by atoms with E-state index < -0.39 is 29.3 Å². The minimum atomic E-state index is -1.42. The molecule has 1 heterocycles. The Bertz CT molecular complexity index is 874. The van der Waals surface area contributed by atoms with E-state index in [1.165, 1.54) is 17.0 Å². The number of rotatable bonds is 5. The molecule has 1 aliphatic rings. The van der Waals surface area contributed by atoms with Crippen molar-refractivity contribution in [3.63, 3.8) is 0 Å². The fourth-order valence-electron chi connectivity index (χ4n) is 2.90. The highest BCUT2D eigenvalue weighted by atomic mass is 19.1. The smallest absolute Gasteiger partial charge is 0.410 e. The monoisotopic (exact) mass is 402 g/mol. The van der Waals surface area contributed by atoms with Gasteiger partial charge in [0.15, 0.2) is 6.10 Å². The van der Waals surface area contributed by atoms with Crippen LogP contribution < -0.4 is 0 Å². The molecule has 0 aliphatic carbocycles. The van der Waals surface area contributed by atoms with Crippen molar-refractivity contribution < 1.29 is 28.4 Å². The van der Waals surface area contributed by atoms with Crippen molar-refractivity contribution in [3.8, 4) is 0 Å². The van der Waals surface area contributed by atoms with E-state index in [1.807, 2.05) is 30.3 Å². The van der Waals surface area contributed by atoms with Crippen molar-refractivity contribution in [2.24, 2.45) is 0 Å². The summed E-state index contributed by atoms with van der Waals surface area (Å²) in [4.78, 5) is 35.9. The standard InChI is InChI=1S/C20H19FN2O6/c21-17-10-11-22(20(25)28-13-14-4-2-1-3-5-14)12-18(17)29-19(24)15-6-8-16(9-7-15)23(26)27/h1-9,17-18H,10-13H2. The van der Waals surface area contributed by atoms with Gasteiger partial charge in [0.05, 0.1) is 17.0 Å². The first kappa shape index (κ1) is 20.2. The Morgan fingerprint density at radius 2 is 1.83 bits per heavy atom. The number of piperidine rings is 1. The second kappa shape index (κ2) is 9.13. The van der Waals surface area contributed by atoms with E-state index in [0.29, 0.717) is 0 Å². The number of ether oxygens (including phenoxy) is 2. The molecule has 0 bridgehead atoms. The predicted octanol–water partition coefficient (Wildman–Crippen LogP) is 3.50. The number of carbonyl (C=O) groups excluding carboxylic acids is 2. The molecule has 2 aromatic rings. The van der Waals surface area contributed by atoms with Gasteiger partial charge >= 0.3 is 12.1 Å². The van der Waals surface area contributed by atoms with Gasteiger partial charge in [-0.1, -0.05) is 30.3 Å². The van der Waals surface area contributed by atoms with E-state index in [4.69, 9.17) is 9.47 Å². The lowest BCUT2D eigenvalue weighted by molar-refractivity contribution is -0.384. The van der Waals surface area contributed by atoms with Crippen LogP contribution in [0.5, 0.6) is 0 Å². The number of halogens is 1. The number of nitro groups is 1. The fourth-order valence-corrected chi connectivity index (χ4v) is 2.90. The van der Waals surface area contributed by atoms with Crippen LogP contribution in [-0.4, -0.2) is 47.3 Å². The number of nitrogens with zero attached hydrogens (tertiary/aromatic N) is 2. The van der Waals surface area contributed by atoms with E-state index in [9.17, 15) is 24.1 Å². The van der Waals surface area contributed by atoms with Crippen LogP contribution in [0.2, 0.25) is 0 Å². The Morgan fingerprint density at radius 3 is 2.48 bits per heavy atom. The molecule has 1 amide bonds. The number of hydrogen-bond acceptors (Lipinski definition) is 6. The van der Waals surface area contributed by atoms with Gasteiger partial charge < -0.3 is 14.4 Å². The van der Waals surface area contributed by atoms with Crippen LogP contribution in [0.4, 0.5) is 14.9 Å². The molecular formula is C20H19FN2O6. The molecule has 0 radical (unpaired) electrons. The van der Waals surface area contributed by atoms with E-state index >= 15 is 0 Å². The van der Waals surface area contributed by atoms with Crippen molar-refractivity contribution in [1.29, 1.82) is 0 Å². The van der Waals surface area contributed by atoms with Gasteiger partial charge in [-0.2, -0.15) is 0 Å². The number of amides is 1. The Balaban J connectivity index is 1.56. The summed E-state index contributed by atoms with van der Waals surface area (Å²) in [5.41, 5.74) is 0.712. The van der Waals surface area contributed by atoms with Crippen LogP contribution in [-0.2, 0) is 16.1 Å². The highest BCUT2D eigenvalue weighted by molar-refractivity contribution is 5.89. The summed E-state index contributed by atoms with van der Waals surface area (Å²) in [5, 5.41) is 10.7. The molecule has 1 aliphatic heterocycles. The van der Waals surface area contributed by atoms with Crippen LogP contribution in [0.15, 0.2) is 54.6 Å². The molecule has 152 valence electrons. The van der Waals surface area contributed by atoms with Gasteiger partial charge in [-0.05, 0) is 17.7 Å². The summed E-state index contributed by atoms with van der Waals surface area (Å²) in [6, 6.07) is 13.9. The molecular weight excluding hydrogens is 383 g/mol. The third-order valence-electron chi connectivity index (χ3n) is 4.51. The van der Waals surface area contributed by atoms with E-state index in [0.717, 1.165) is 17.7 Å². The lowest BCUT2D eigenvalue weighted by Crippen LogP contribution is -2.49. The van der Waals surface area contributed by atoms with E-state index in [-0.39, 0.29) is 37.4 Å². The van der Waals surface area contributed by atoms with Gasteiger partial charge in [-0.3, -0.25) is 10.1 Å². The summed E-state index contributed by atoms with van der Waals surface area (Å²) in [6.45, 7) is 0.107. The minimum absolute atomic E-state index is 0.0125. The molecule has 9 heteroatoms. The third-order valence-corrected chi connectivity index (χ3v) is 4.51. The Labute approximate surface area is 166 Å². The lowest BCUT2D eigenvalue weighted by Gasteiger charge is -2.33. The van der Waals surface area contributed by atoms with Crippen molar-refractivity contribution in [2.45, 2.75) is 25.3 Å². The summed E-state index contributed by atoms with van der Waals surface area (Å²) in [6.07, 6.45) is -3.17. The Kier molecular flexibility index (Phi) is 6.38. The van der Waals surface area contributed by atoms with E-state index in [1.54, 1.807) is 0 Å². The molecule has 1 fully saturated rings. The Hall–Kier alpha value is -3.49. The number of non-ortho nitro benzene ring substituents is 1. The number of alkyl halides is 1. The first-order chi connectivity index (χ1) is 13.9. The first-order valence-electron chi connectivity index (χ1n) is 8.99. The number of nitro benzene ring substituents is 1.